The zero-order valence-electron chi connectivity index (χ0n) is 17.8. The van der Waals surface area contributed by atoms with Crippen LogP contribution in [-0.2, 0) is 6.54 Å². The lowest BCUT2D eigenvalue weighted by Gasteiger charge is -2.14. The number of benzene rings is 4. The molecule has 0 unspecified atom stereocenters. The standard InChI is InChI=1S/C27H19ClFNO4/c28-21-8-5-18(6-9-21)20-7-14-25(34-23-12-10-22(29)11-13-23)24(15-20)26(31)30-16-17-1-3-19(4-2-17)27(32)33/h1-15H,16H2,(H,30,31)(H,32,33). The first-order chi connectivity index (χ1) is 16.4. The molecule has 0 aliphatic rings. The normalized spacial score (nSPS) is 10.5. The van der Waals surface area contributed by atoms with Crippen LogP contribution >= 0.6 is 11.6 Å². The lowest BCUT2D eigenvalue weighted by molar-refractivity contribution is 0.0696. The van der Waals surface area contributed by atoms with Crippen LogP contribution in [0.25, 0.3) is 11.1 Å². The van der Waals surface area contributed by atoms with E-state index < -0.39 is 11.8 Å². The minimum absolute atomic E-state index is 0.167. The number of nitrogens with one attached hydrogen (secondary N) is 1. The molecule has 34 heavy (non-hydrogen) atoms. The second-order valence-corrected chi connectivity index (χ2v) is 7.90. The van der Waals surface area contributed by atoms with Crippen LogP contribution in [0.2, 0.25) is 5.02 Å². The molecule has 4 aromatic carbocycles. The van der Waals surface area contributed by atoms with Gasteiger partial charge in [0.2, 0.25) is 0 Å². The fraction of sp³-hybridized carbons (Fsp3) is 0.0370. The van der Waals surface area contributed by atoms with E-state index in [0.29, 0.717) is 22.1 Å². The first-order valence-electron chi connectivity index (χ1n) is 10.3. The minimum atomic E-state index is -1.02. The quantitative estimate of drug-likeness (QED) is 0.317. The molecule has 4 aromatic rings. The molecule has 0 aliphatic heterocycles. The van der Waals surface area contributed by atoms with Crippen molar-refractivity contribution in [2.45, 2.75) is 6.54 Å². The monoisotopic (exact) mass is 475 g/mol. The van der Waals surface area contributed by atoms with Crippen LogP contribution in [0.3, 0.4) is 0 Å². The summed E-state index contributed by atoms with van der Waals surface area (Å²) in [6, 6.07) is 24.2. The molecule has 0 aromatic heterocycles. The van der Waals surface area contributed by atoms with Crippen molar-refractivity contribution in [3.05, 3.63) is 119 Å². The molecule has 170 valence electrons. The van der Waals surface area contributed by atoms with Crippen molar-refractivity contribution in [3.8, 4) is 22.6 Å². The maximum absolute atomic E-state index is 13.3. The van der Waals surface area contributed by atoms with Crippen molar-refractivity contribution in [2.24, 2.45) is 0 Å². The second kappa shape index (κ2) is 10.2. The number of hydrogen-bond acceptors (Lipinski definition) is 3. The molecule has 0 spiro atoms. The third kappa shape index (κ3) is 5.60. The first kappa shape index (κ1) is 23.0. The van der Waals surface area contributed by atoms with Crippen molar-refractivity contribution in [3.63, 3.8) is 0 Å². The smallest absolute Gasteiger partial charge is 0.335 e. The van der Waals surface area contributed by atoms with Gasteiger partial charge in [-0.3, -0.25) is 4.79 Å². The lowest BCUT2D eigenvalue weighted by atomic mass is 10.0. The van der Waals surface area contributed by atoms with Crippen molar-refractivity contribution in [1.82, 2.24) is 5.32 Å². The molecule has 0 radical (unpaired) electrons. The van der Waals surface area contributed by atoms with Gasteiger partial charge in [0, 0.05) is 11.6 Å². The molecule has 0 aliphatic carbocycles. The Balaban J connectivity index is 1.61. The zero-order chi connectivity index (χ0) is 24.1. The van der Waals surface area contributed by atoms with Gasteiger partial charge in [-0.25, -0.2) is 9.18 Å². The van der Waals surface area contributed by atoms with E-state index in [9.17, 15) is 14.0 Å². The van der Waals surface area contributed by atoms with Crippen LogP contribution in [0.5, 0.6) is 11.5 Å². The average Bonchev–Trinajstić information content (AvgIpc) is 2.85. The molecule has 2 N–H and O–H groups in total. The van der Waals surface area contributed by atoms with E-state index in [0.717, 1.165) is 16.7 Å². The zero-order valence-corrected chi connectivity index (χ0v) is 18.6. The van der Waals surface area contributed by atoms with Crippen molar-refractivity contribution in [2.75, 3.05) is 0 Å². The van der Waals surface area contributed by atoms with Crippen LogP contribution in [0.4, 0.5) is 4.39 Å². The van der Waals surface area contributed by atoms with E-state index in [-0.39, 0.29) is 18.0 Å². The molecule has 0 saturated heterocycles. The lowest BCUT2D eigenvalue weighted by Crippen LogP contribution is -2.23. The van der Waals surface area contributed by atoms with Crippen LogP contribution in [0, 0.1) is 5.82 Å². The number of ether oxygens (including phenoxy) is 1. The summed E-state index contributed by atoms with van der Waals surface area (Å²) in [7, 11) is 0. The van der Waals surface area contributed by atoms with Gasteiger partial charge in [-0.05, 0) is 77.4 Å². The SMILES string of the molecule is O=C(O)c1ccc(CNC(=O)c2cc(-c3ccc(Cl)cc3)ccc2Oc2ccc(F)cc2)cc1. The summed E-state index contributed by atoms with van der Waals surface area (Å²) in [5, 5.41) is 12.5. The summed E-state index contributed by atoms with van der Waals surface area (Å²) < 4.78 is 19.1. The van der Waals surface area contributed by atoms with E-state index in [4.69, 9.17) is 21.4 Å². The van der Waals surface area contributed by atoms with E-state index in [1.807, 2.05) is 18.2 Å². The van der Waals surface area contributed by atoms with Gasteiger partial charge in [0.25, 0.3) is 5.91 Å². The maximum atomic E-state index is 13.3. The van der Waals surface area contributed by atoms with Crippen molar-refractivity contribution >= 4 is 23.5 Å². The highest BCUT2D eigenvalue weighted by Gasteiger charge is 2.16. The average molecular weight is 476 g/mol. The Morgan fingerprint density at radius 3 is 2.15 bits per heavy atom. The molecular weight excluding hydrogens is 457 g/mol. The number of rotatable bonds is 7. The highest BCUT2D eigenvalue weighted by atomic mass is 35.5. The van der Waals surface area contributed by atoms with Gasteiger partial charge in [-0.15, -0.1) is 0 Å². The van der Waals surface area contributed by atoms with E-state index >= 15 is 0 Å². The molecule has 7 heteroatoms. The van der Waals surface area contributed by atoms with Gasteiger partial charge in [0.15, 0.2) is 0 Å². The van der Waals surface area contributed by atoms with Gasteiger partial charge in [-0.2, -0.15) is 0 Å². The van der Waals surface area contributed by atoms with Crippen LogP contribution < -0.4 is 10.1 Å². The fourth-order valence-corrected chi connectivity index (χ4v) is 3.42. The van der Waals surface area contributed by atoms with E-state index in [2.05, 4.69) is 5.32 Å². The van der Waals surface area contributed by atoms with Gasteiger partial charge < -0.3 is 15.2 Å². The molecule has 5 nitrogen and oxygen atoms in total. The Morgan fingerprint density at radius 1 is 0.853 bits per heavy atom. The minimum Gasteiger partial charge on any atom is -0.478 e. The molecule has 0 saturated carbocycles. The second-order valence-electron chi connectivity index (χ2n) is 7.46. The number of halogens is 2. The molecule has 0 bridgehead atoms. The number of carboxylic acid groups (broad SMARTS) is 1. The molecule has 0 atom stereocenters. The highest BCUT2D eigenvalue weighted by Crippen LogP contribution is 2.31. The van der Waals surface area contributed by atoms with Crippen molar-refractivity contribution in [1.29, 1.82) is 0 Å². The van der Waals surface area contributed by atoms with E-state index in [1.165, 1.54) is 36.4 Å². The number of amides is 1. The Kier molecular flexibility index (Phi) is 6.90. The first-order valence-corrected chi connectivity index (χ1v) is 10.7. The summed E-state index contributed by atoms with van der Waals surface area (Å²) >= 11 is 5.99. The summed E-state index contributed by atoms with van der Waals surface area (Å²) in [5.41, 5.74) is 2.86. The Hall–Kier alpha value is -4.16. The van der Waals surface area contributed by atoms with Crippen LogP contribution in [0.15, 0.2) is 91.0 Å². The summed E-state index contributed by atoms with van der Waals surface area (Å²) in [4.78, 5) is 24.2. The van der Waals surface area contributed by atoms with Crippen molar-refractivity contribution < 1.29 is 23.8 Å². The summed E-state index contributed by atoms with van der Waals surface area (Å²) in [6.45, 7) is 0.194. The topological polar surface area (TPSA) is 75.6 Å². The van der Waals surface area contributed by atoms with Gasteiger partial charge in [0.1, 0.15) is 17.3 Å². The molecule has 4 rings (SSSR count). The summed E-state index contributed by atoms with van der Waals surface area (Å²) in [5.74, 6) is -1.09. The molecular formula is C27H19ClFNO4. The molecule has 1 amide bonds. The number of carbonyl (C=O) groups excluding carboxylic acids is 1. The number of aromatic carboxylic acids is 1. The Labute approximate surface area is 200 Å². The van der Waals surface area contributed by atoms with Crippen LogP contribution in [0.1, 0.15) is 26.3 Å². The molecule has 0 fully saturated rings. The van der Waals surface area contributed by atoms with Crippen LogP contribution in [-0.4, -0.2) is 17.0 Å². The van der Waals surface area contributed by atoms with Gasteiger partial charge >= 0.3 is 5.97 Å². The predicted molar refractivity (Wildman–Crippen MR) is 128 cm³/mol. The summed E-state index contributed by atoms with van der Waals surface area (Å²) in [6.07, 6.45) is 0. The molecule has 0 heterocycles. The fourth-order valence-electron chi connectivity index (χ4n) is 3.29. The highest BCUT2D eigenvalue weighted by molar-refractivity contribution is 6.30. The Morgan fingerprint density at radius 2 is 1.50 bits per heavy atom. The van der Waals surface area contributed by atoms with E-state index in [1.54, 1.807) is 36.4 Å². The van der Waals surface area contributed by atoms with Gasteiger partial charge in [0.05, 0.1) is 11.1 Å². The number of hydrogen-bond donors (Lipinski definition) is 2. The third-order valence-electron chi connectivity index (χ3n) is 5.10. The maximum Gasteiger partial charge on any atom is 0.335 e. The van der Waals surface area contributed by atoms with Gasteiger partial charge in [-0.1, -0.05) is 41.9 Å². The third-order valence-corrected chi connectivity index (χ3v) is 5.35. The Bertz CT molecular complexity index is 1320. The largest absolute Gasteiger partial charge is 0.478 e. The number of carbonyl (C=O) groups is 2. The number of carboxylic acids is 1. The predicted octanol–water partition coefficient (Wildman–Crippen LogP) is 6.57.